The van der Waals surface area contributed by atoms with E-state index in [1.807, 2.05) is 43.3 Å². The van der Waals surface area contributed by atoms with Crippen LogP contribution in [-0.4, -0.2) is 19.6 Å². The van der Waals surface area contributed by atoms with Crippen molar-refractivity contribution in [3.8, 4) is 0 Å². The largest absolute Gasteiger partial charge is 0.399 e. The zero-order chi connectivity index (χ0) is 35.9. The van der Waals surface area contributed by atoms with Crippen LogP contribution in [-0.2, 0) is 43.5 Å². The molecule has 0 aliphatic rings. The van der Waals surface area contributed by atoms with Gasteiger partial charge in [0.15, 0.2) is 0 Å². The average molecular weight is 895 g/mol. The Bertz CT molecular complexity index is 1830. The van der Waals surface area contributed by atoms with Crippen molar-refractivity contribution in [1.82, 2.24) is 0 Å². The van der Waals surface area contributed by atoms with E-state index in [4.69, 9.17) is 31.2 Å². The lowest BCUT2D eigenvalue weighted by molar-refractivity contribution is 0.0557. The summed E-state index contributed by atoms with van der Waals surface area (Å²) in [5.41, 5.74) is -4.97. The second-order valence-electron chi connectivity index (χ2n) is 10.4. The van der Waals surface area contributed by atoms with E-state index >= 15 is 0 Å². The second-order valence-corrected chi connectivity index (χ2v) is 17.8. The summed E-state index contributed by atoms with van der Waals surface area (Å²) in [5, 5.41) is 0.669. The first kappa shape index (κ1) is 41.3. The fraction of sp³-hybridized carbons (Fsp3) is 0.226. The Morgan fingerprint density at radius 1 is 0.646 bits per heavy atom. The van der Waals surface area contributed by atoms with E-state index in [0.717, 1.165) is 34.6 Å². The molecule has 0 fully saturated rings. The molecule has 0 atom stereocenters. The lowest BCUT2D eigenvalue weighted by atomic mass is 10.1. The summed E-state index contributed by atoms with van der Waals surface area (Å²) in [4.78, 5) is 35.3. The van der Waals surface area contributed by atoms with Gasteiger partial charge in [-0.1, -0.05) is 116 Å². The molecule has 0 unspecified atom stereocenters. The topological polar surface area (TPSA) is 115 Å². The number of hydrogen-bond acceptors (Lipinski definition) is 4. The minimum Gasteiger partial charge on any atom is -0.320 e. The molecule has 0 bridgehead atoms. The summed E-state index contributed by atoms with van der Waals surface area (Å²) in [6.45, 7) is 2.02. The Kier molecular flexibility index (Phi) is 14.9. The van der Waals surface area contributed by atoms with Crippen molar-refractivity contribution in [2.75, 3.05) is 0 Å². The van der Waals surface area contributed by atoms with Crippen LogP contribution in [0.3, 0.4) is 0 Å². The molecule has 0 radical (unpaired) electrons. The smallest absolute Gasteiger partial charge is 0.320 e. The quantitative estimate of drug-likeness (QED) is 0.0821. The van der Waals surface area contributed by atoms with E-state index in [1.165, 1.54) is 35.4 Å². The van der Waals surface area contributed by atoms with Gasteiger partial charge in [0.2, 0.25) is 0 Å². The molecule has 0 aromatic heterocycles. The Labute approximate surface area is 305 Å². The minimum atomic E-state index is -5.58. The third kappa shape index (κ3) is 11.2. The Balaban J connectivity index is 0.000000260. The van der Waals surface area contributed by atoms with Crippen molar-refractivity contribution in [2.45, 2.75) is 41.3 Å². The van der Waals surface area contributed by atoms with Crippen molar-refractivity contribution in [1.29, 1.82) is 0 Å². The monoisotopic (exact) mass is 892 g/mol. The number of benzene rings is 4. The SMILES string of the molecule is Cc1cccc(CSCc2ccc(C(F)(F)P(=O)(O)O)c(Br)c2)c1.O=P(O)(O)C(F)(F)c1ccc(CSCc2ccccc2Cl)cc1Br. The molecule has 48 heavy (non-hydrogen) atoms. The molecular weight excluding hydrogens is 866 g/mol. The standard InChI is InChI=1S/C16H16BrF2O3PS.C15H13BrClF2O3PS/c1-11-3-2-4-12(7-11)9-24-10-13-5-6-14(15(17)8-13)16(18,19)23(20,21)22;16-13-7-10(5-6-12(13)15(18,19)23(20,21)22)8-24-9-11-3-1-2-4-14(11)17/h2-8H,9-10H2,1H3,(H2,20,21,22);1-7H,8-9H2,(H2,20,21,22). The van der Waals surface area contributed by atoms with Gasteiger partial charge in [-0.3, -0.25) is 9.13 Å². The number of hydrogen-bond donors (Lipinski definition) is 4. The highest BCUT2D eigenvalue weighted by molar-refractivity contribution is 9.10. The van der Waals surface area contributed by atoms with Crippen molar-refractivity contribution in [3.63, 3.8) is 0 Å². The van der Waals surface area contributed by atoms with Crippen molar-refractivity contribution < 1.29 is 46.3 Å². The zero-order valence-corrected chi connectivity index (χ0v) is 32.2. The van der Waals surface area contributed by atoms with Crippen LogP contribution in [0.4, 0.5) is 17.6 Å². The van der Waals surface area contributed by atoms with Gasteiger partial charge in [-0.05, 0) is 47.4 Å². The lowest BCUT2D eigenvalue weighted by Crippen LogP contribution is -2.14. The molecule has 6 nitrogen and oxygen atoms in total. The van der Waals surface area contributed by atoms with Gasteiger partial charge in [0, 0.05) is 48.1 Å². The summed E-state index contributed by atoms with van der Waals surface area (Å²) in [6, 6.07) is 23.5. The molecule has 17 heteroatoms. The number of thioether (sulfide) groups is 2. The van der Waals surface area contributed by atoms with Crippen LogP contribution in [0.2, 0.25) is 5.02 Å². The van der Waals surface area contributed by atoms with Gasteiger partial charge in [0.05, 0.1) is 0 Å². The van der Waals surface area contributed by atoms with Gasteiger partial charge in [-0.25, -0.2) is 0 Å². The first-order valence-corrected chi connectivity index (χ1v) is 21.1. The number of halogens is 7. The van der Waals surface area contributed by atoms with Gasteiger partial charge in [0.25, 0.3) is 0 Å². The molecule has 260 valence electrons. The van der Waals surface area contributed by atoms with Gasteiger partial charge in [-0.15, -0.1) is 0 Å². The van der Waals surface area contributed by atoms with Crippen molar-refractivity contribution in [2.24, 2.45) is 0 Å². The van der Waals surface area contributed by atoms with E-state index < -0.39 is 37.6 Å². The first-order valence-electron chi connectivity index (χ1n) is 13.6. The Morgan fingerprint density at radius 3 is 1.50 bits per heavy atom. The van der Waals surface area contributed by atoms with E-state index in [9.17, 15) is 26.7 Å². The molecule has 0 aliphatic heterocycles. The molecule has 0 saturated carbocycles. The van der Waals surface area contributed by atoms with Crippen LogP contribution in [0.5, 0.6) is 0 Å². The highest BCUT2D eigenvalue weighted by Gasteiger charge is 2.52. The van der Waals surface area contributed by atoms with Crippen LogP contribution < -0.4 is 0 Å². The van der Waals surface area contributed by atoms with E-state index in [0.29, 0.717) is 22.3 Å². The average Bonchev–Trinajstić information content (AvgIpc) is 2.97. The molecule has 0 spiro atoms. The fourth-order valence-electron chi connectivity index (χ4n) is 4.08. The maximum Gasteiger partial charge on any atom is 0.399 e. The predicted octanol–water partition coefficient (Wildman–Crippen LogP) is 11.2. The highest BCUT2D eigenvalue weighted by atomic mass is 79.9. The Hall–Kier alpha value is -1.15. The Morgan fingerprint density at radius 2 is 1.08 bits per heavy atom. The maximum absolute atomic E-state index is 13.8. The van der Waals surface area contributed by atoms with Crippen molar-refractivity contribution >= 4 is 82.2 Å². The van der Waals surface area contributed by atoms with Gasteiger partial charge in [-0.2, -0.15) is 41.1 Å². The van der Waals surface area contributed by atoms with Gasteiger partial charge < -0.3 is 19.6 Å². The highest BCUT2D eigenvalue weighted by Crippen LogP contribution is 2.61. The van der Waals surface area contributed by atoms with Crippen LogP contribution >= 0.6 is 82.2 Å². The number of rotatable bonds is 12. The molecule has 0 heterocycles. The van der Waals surface area contributed by atoms with Crippen LogP contribution in [0.1, 0.15) is 38.9 Å². The summed E-state index contributed by atoms with van der Waals surface area (Å²) in [6.07, 6.45) is 0. The third-order valence-corrected chi connectivity index (χ3v) is 12.3. The first-order chi connectivity index (χ1) is 22.2. The molecule has 4 rings (SSSR count). The third-order valence-electron chi connectivity index (χ3n) is 6.55. The van der Waals surface area contributed by atoms with E-state index in [-0.39, 0.29) is 8.95 Å². The molecule has 4 aromatic rings. The molecule has 4 aromatic carbocycles. The number of alkyl halides is 4. The van der Waals surface area contributed by atoms with Crippen LogP contribution in [0.15, 0.2) is 93.9 Å². The van der Waals surface area contributed by atoms with Crippen LogP contribution in [0, 0.1) is 6.92 Å². The zero-order valence-electron chi connectivity index (χ0n) is 24.9. The number of aryl methyl sites for hydroxylation is 1. The molecule has 0 saturated heterocycles. The van der Waals surface area contributed by atoms with Gasteiger partial charge in [0.1, 0.15) is 0 Å². The second kappa shape index (κ2) is 17.4. The molecular formula is C31H29Br2ClF4O6P2S2. The predicted molar refractivity (Wildman–Crippen MR) is 193 cm³/mol. The summed E-state index contributed by atoms with van der Waals surface area (Å²) in [5.74, 6) is 2.61. The summed E-state index contributed by atoms with van der Waals surface area (Å²) in [7, 11) is -11.1. The summed E-state index contributed by atoms with van der Waals surface area (Å²) < 4.78 is 76.9. The fourth-order valence-corrected chi connectivity index (χ4v) is 8.96. The van der Waals surface area contributed by atoms with Crippen LogP contribution in [0.25, 0.3) is 0 Å². The molecule has 0 aliphatic carbocycles. The minimum absolute atomic E-state index is 0.00974. The molecule has 4 N–H and O–H groups in total. The summed E-state index contributed by atoms with van der Waals surface area (Å²) >= 11 is 15.2. The van der Waals surface area contributed by atoms with E-state index in [1.54, 1.807) is 29.6 Å². The maximum atomic E-state index is 13.8. The molecule has 0 amide bonds. The van der Waals surface area contributed by atoms with Gasteiger partial charge >= 0.3 is 26.5 Å². The van der Waals surface area contributed by atoms with Crippen molar-refractivity contribution in [3.05, 3.63) is 138 Å². The van der Waals surface area contributed by atoms with E-state index in [2.05, 4.69) is 37.9 Å². The normalized spacial score (nSPS) is 12.4. The lowest BCUT2D eigenvalue weighted by Gasteiger charge is -2.19.